The molecule has 0 saturated heterocycles. The van der Waals surface area contributed by atoms with Gasteiger partial charge in [-0.1, -0.05) is 0 Å². The van der Waals surface area contributed by atoms with Crippen molar-refractivity contribution in [2.45, 2.75) is 38.8 Å². The Morgan fingerprint density at radius 3 is 1.33 bits per heavy atom. The van der Waals surface area contributed by atoms with Crippen LogP contribution in [0.5, 0.6) is 0 Å². The van der Waals surface area contributed by atoms with Crippen LogP contribution in [0.4, 0.5) is 0 Å². The van der Waals surface area contributed by atoms with Gasteiger partial charge in [0.15, 0.2) is 0 Å². The average Bonchev–Trinajstić information content (AvgIpc) is 1.85. The van der Waals surface area contributed by atoms with Crippen molar-refractivity contribution in [3.05, 3.63) is 0 Å². The third-order valence-corrected chi connectivity index (χ3v) is 1.08. The maximum atomic E-state index is 5.49. The van der Waals surface area contributed by atoms with Gasteiger partial charge in [-0.3, -0.25) is 0 Å². The standard InChI is InChI=1S/C6H16N2.2ClH.H3P.Ru/c1-5(7)3-4-6(2)8;;;;/h5-6H,3-4,7-8H2,1-2H3;2*1H;1H3;/q;;;;+2/p-2/t5-,6-;;;;/m1..../s1. The van der Waals surface area contributed by atoms with Crippen molar-refractivity contribution in [2.24, 2.45) is 11.5 Å². The molecule has 0 aliphatic heterocycles. The topological polar surface area (TPSA) is 52.0 Å². The van der Waals surface area contributed by atoms with Crippen LogP contribution in [0.25, 0.3) is 0 Å². The molecule has 0 bridgehead atoms. The fraction of sp³-hybridized carbons (Fsp3) is 1.00. The molecule has 0 spiro atoms. The first-order valence-electron chi connectivity index (χ1n) is 3.41. The van der Waals surface area contributed by atoms with E-state index in [-0.39, 0.29) is 25.0 Å². The summed E-state index contributed by atoms with van der Waals surface area (Å²) in [6.45, 7) is 4.00. The minimum atomic E-state index is -0.346. The van der Waals surface area contributed by atoms with Crippen molar-refractivity contribution in [1.29, 1.82) is 0 Å². The van der Waals surface area contributed by atoms with E-state index in [1.807, 2.05) is 13.8 Å². The predicted molar refractivity (Wildman–Crippen MR) is 59.3 cm³/mol. The molecule has 80 valence electrons. The summed E-state index contributed by atoms with van der Waals surface area (Å²) >= 11 is -0.346. The quantitative estimate of drug-likeness (QED) is 0.616. The molecule has 0 fully saturated rings. The molecule has 0 radical (unpaired) electrons. The van der Waals surface area contributed by atoms with E-state index in [0.717, 1.165) is 12.8 Å². The summed E-state index contributed by atoms with van der Waals surface area (Å²) in [7, 11) is 9.71. The zero-order chi connectivity index (χ0) is 9.28. The van der Waals surface area contributed by atoms with Gasteiger partial charge in [-0.05, 0) is 26.7 Å². The Kier molecular flexibility index (Phi) is 24.0. The minimum absolute atomic E-state index is 0. The van der Waals surface area contributed by atoms with Crippen LogP contribution in [0.15, 0.2) is 0 Å². The van der Waals surface area contributed by atoms with Crippen molar-refractivity contribution >= 4 is 29.3 Å². The molecule has 12 heavy (non-hydrogen) atoms. The zero-order valence-electron chi connectivity index (χ0n) is 7.54. The van der Waals surface area contributed by atoms with Crippen molar-refractivity contribution < 1.29 is 15.1 Å². The van der Waals surface area contributed by atoms with Crippen molar-refractivity contribution in [3.8, 4) is 0 Å². The van der Waals surface area contributed by atoms with E-state index >= 15 is 0 Å². The van der Waals surface area contributed by atoms with Gasteiger partial charge in [-0.25, -0.2) is 0 Å². The van der Waals surface area contributed by atoms with Crippen molar-refractivity contribution in [2.75, 3.05) is 0 Å². The van der Waals surface area contributed by atoms with Crippen LogP contribution < -0.4 is 11.5 Å². The van der Waals surface area contributed by atoms with Crippen LogP contribution in [0.3, 0.4) is 0 Å². The molecule has 0 rings (SSSR count). The molecule has 0 heterocycles. The second-order valence-electron chi connectivity index (χ2n) is 2.58. The van der Waals surface area contributed by atoms with E-state index in [4.69, 9.17) is 30.8 Å². The molecule has 2 nitrogen and oxygen atoms in total. The first-order chi connectivity index (χ1) is 5.04. The van der Waals surface area contributed by atoms with Crippen LogP contribution >= 0.6 is 29.3 Å². The van der Waals surface area contributed by atoms with Crippen molar-refractivity contribution in [3.63, 3.8) is 0 Å². The van der Waals surface area contributed by atoms with E-state index in [1.165, 1.54) is 0 Å². The summed E-state index contributed by atoms with van der Waals surface area (Å²) in [5.41, 5.74) is 11.0. The third kappa shape index (κ3) is 30.0. The first-order valence-corrected chi connectivity index (χ1v) is 7.88. The number of hydrogen-bond donors (Lipinski definition) is 2. The Morgan fingerprint density at radius 2 is 1.25 bits per heavy atom. The molecule has 0 amide bonds. The molecule has 6 heteroatoms. The fourth-order valence-electron chi connectivity index (χ4n) is 0.526. The third-order valence-electron chi connectivity index (χ3n) is 1.08. The Balaban J connectivity index is -0.000000177. The van der Waals surface area contributed by atoms with Gasteiger partial charge < -0.3 is 11.5 Å². The molecule has 4 N–H and O–H groups in total. The van der Waals surface area contributed by atoms with Crippen LogP contribution in [-0.2, 0) is 15.1 Å². The maximum absolute atomic E-state index is 5.49. The van der Waals surface area contributed by atoms with Gasteiger partial charge in [0.1, 0.15) is 0 Å². The summed E-state index contributed by atoms with van der Waals surface area (Å²) in [6, 6.07) is 0.613. The number of rotatable bonds is 3. The van der Waals surface area contributed by atoms with Gasteiger partial charge in [0.05, 0.1) is 0 Å². The molecular formula is C6H19Cl2N2PRu. The predicted octanol–water partition coefficient (Wildman–Crippen LogP) is 1.90. The Morgan fingerprint density at radius 1 is 1.08 bits per heavy atom. The normalized spacial score (nSPS) is 13.8. The molecule has 0 aromatic heterocycles. The molecule has 0 aromatic carbocycles. The Labute approximate surface area is 94.4 Å². The van der Waals surface area contributed by atoms with Gasteiger partial charge in [-0.2, -0.15) is 9.90 Å². The van der Waals surface area contributed by atoms with Gasteiger partial charge in [-0.15, -0.1) is 0 Å². The monoisotopic (exact) mass is 322 g/mol. The zero-order valence-corrected chi connectivity index (χ0v) is 12.2. The second kappa shape index (κ2) is 15.0. The summed E-state index contributed by atoms with van der Waals surface area (Å²) < 4.78 is 0. The Bertz CT molecular complexity index is 68.6. The SMILES string of the molecule is C[C@@H](N)CC[C@@H](C)N.P.[Cl][Ru][Cl]. The van der Waals surface area contributed by atoms with E-state index < -0.39 is 0 Å². The van der Waals surface area contributed by atoms with E-state index in [9.17, 15) is 0 Å². The fourth-order valence-corrected chi connectivity index (χ4v) is 0.526. The first kappa shape index (κ1) is 19.2. The molecule has 3 atom stereocenters. The van der Waals surface area contributed by atoms with E-state index in [1.54, 1.807) is 0 Å². The van der Waals surface area contributed by atoms with Crippen LogP contribution in [0, 0.1) is 0 Å². The Hall–Kier alpha value is 1.55. The number of hydrogen-bond acceptors (Lipinski definition) is 2. The molecular weight excluding hydrogens is 303 g/mol. The van der Waals surface area contributed by atoms with E-state index in [0.29, 0.717) is 12.1 Å². The van der Waals surface area contributed by atoms with Crippen LogP contribution in [0.1, 0.15) is 26.7 Å². The van der Waals surface area contributed by atoms with Gasteiger partial charge in [0, 0.05) is 12.1 Å². The summed E-state index contributed by atoms with van der Waals surface area (Å²) in [6.07, 6.45) is 2.08. The van der Waals surface area contributed by atoms with Crippen LogP contribution in [-0.4, -0.2) is 12.1 Å². The summed E-state index contributed by atoms with van der Waals surface area (Å²) in [4.78, 5) is 0. The average molecular weight is 322 g/mol. The van der Waals surface area contributed by atoms with E-state index in [2.05, 4.69) is 0 Å². The number of halogens is 2. The summed E-state index contributed by atoms with van der Waals surface area (Å²) in [5, 5.41) is 0. The van der Waals surface area contributed by atoms with Gasteiger partial charge >= 0.3 is 34.5 Å². The molecule has 0 aliphatic carbocycles. The number of nitrogens with two attached hydrogens (primary N) is 2. The summed E-state index contributed by atoms with van der Waals surface area (Å²) in [5.74, 6) is 0. The molecule has 0 aliphatic rings. The van der Waals surface area contributed by atoms with Gasteiger partial charge in [0.2, 0.25) is 0 Å². The molecule has 1 unspecified atom stereocenters. The van der Waals surface area contributed by atoms with Crippen molar-refractivity contribution in [1.82, 2.24) is 0 Å². The van der Waals surface area contributed by atoms with Crippen LogP contribution in [0.2, 0.25) is 0 Å². The molecule has 0 saturated carbocycles. The second-order valence-corrected chi connectivity index (χ2v) is 5.22. The van der Waals surface area contributed by atoms with Gasteiger partial charge in [0.25, 0.3) is 0 Å². The molecule has 0 aromatic rings.